The van der Waals surface area contributed by atoms with Gasteiger partial charge in [0.25, 0.3) is 0 Å². The number of benzene rings is 3. The molecule has 10 N–H and O–H groups in total. The highest BCUT2D eigenvalue weighted by atomic mass is 32.1. The van der Waals surface area contributed by atoms with E-state index < -0.39 is 60.1 Å². The number of thiol groups is 2. The lowest BCUT2D eigenvalue weighted by atomic mass is 10.1. The topological polar surface area (TPSA) is 252 Å². The molecule has 0 aliphatic carbocycles. The Balaban J connectivity index is 1.44. The molecule has 0 heterocycles. The summed E-state index contributed by atoms with van der Waals surface area (Å²) in [6.45, 7) is 0. The van der Waals surface area contributed by atoms with E-state index in [1.165, 1.54) is 12.1 Å². The van der Waals surface area contributed by atoms with Crippen LogP contribution in [-0.2, 0) is 48.0 Å². The Hall–Kier alpha value is -4.29. The quantitative estimate of drug-likeness (QED) is 0.0447. The fourth-order valence-corrected chi connectivity index (χ4v) is 4.37. The van der Waals surface area contributed by atoms with Crippen molar-refractivity contribution in [2.24, 2.45) is 28.7 Å². The molecule has 0 aromatic heterocycles. The molecular formula is C33H39N5O9S2. The van der Waals surface area contributed by atoms with Gasteiger partial charge in [-0.1, -0.05) is 36.4 Å². The molecule has 3 aromatic rings. The second-order valence-corrected chi connectivity index (χ2v) is 11.7. The van der Waals surface area contributed by atoms with Crippen LogP contribution in [0.2, 0.25) is 0 Å². The average molecular weight is 714 g/mol. The van der Waals surface area contributed by atoms with Crippen LogP contribution < -0.4 is 42.9 Å². The van der Waals surface area contributed by atoms with Crippen molar-refractivity contribution in [3.8, 4) is 17.2 Å². The standard InChI is InChI=1S/C33H39N5O9S2/c34-24(29(39)45-22-9-3-20(4-10-22)15-26(36)31(41)47-33(43)28(38)17-49)13-18-1-7-21(8-2-18)44-30(40)25(35)14-19-5-11-23(12-6-19)46-32(42)27(37)16-48/h1-12,24-28,48-49H,13-17,34-38H2/t24-,25+,26-,27-,28-/m0/s1. The van der Waals surface area contributed by atoms with E-state index in [-0.39, 0.29) is 42.3 Å². The molecule has 0 radical (unpaired) electrons. The van der Waals surface area contributed by atoms with Crippen LogP contribution in [0.15, 0.2) is 72.8 Å². The summed E-state index contributed by atoms with van der Waals surface area (Å²) < 4.78 is 20.6. The highest BCUT2D eigenvalue weighted by molar-refractivity contribution is 7.80. The Kier molecular flexibility index (Phi) is 15.2. The molecule has 0 amide bonds. The first kappa shape index (κ1) is 39.2. The number of esters is 5. The molecule has 0 spiro atoms. The van der Waals surface area contributed by atoms with E-state index in [2.05, 4.69) is 30.0 Å². The maximum atomic E-state index is 12.6. The normalized spacial score (nSPS) is 14.0. The highest BCUT2D eigenvalue weighted by Gasteiger charge is 2.23. The predicted molar refractivity (Wildman–Crippen MR) is 186 cm³/mol. The third kappa shape index (κ3) is 12.6. The Morgan fingerprint density at radius 1 is 0.429 bits per heavy atom. The van der Waals surface area contributed by atoms with Gasteiger partial charge in [-0.05, 0) is 72.4 Å². The van der Waals surface area contributed by atoms with Gasteiger partial charge < -0.3 is 47.6 Å². The summed E-state index contributed by atoms with van der Waals surface area (Å²) in [5, 5.41) is 0. The lowest BCUT2D eigenvalue weighted by Crippen LogP contribution is -2.41. The van der Waals surface area contributed by atoms with Crippen LogP contribution in [0.5, 0.6) is 17.2 Å². The van der Waals surface area contributed by atoms with Gasteiger partial charge in [0.15, 0.2) is 0 Å². The van der Waals surface area contributed by atoms with E-state index in [4.69, 9.17) is 42.9 Å². The molecule has 0 unspecified atom stereocenters. The Labute approximate surface area is 293 Å². The first-order valence-corrected chi connectivity index (χ1v) is 16.2. The van der Waals surface area contributed by atoms with E-state index in [0.29, 0.717) is 16.9 Å². The largest absolute Gasteiger partial charge is 0.425 e. The molecule has 49 heavy (non-hydrogen) atoms. The smallest absolute Gasteiger partial charge is 0.331 e. The van der Waals surface area contributed by atoms with Crippen LogP contribution in [-0.4, -0.2) is 71.6 Å². The first-order chi connectivity index (χ1) is 23.3. The van der Waals surface area contributed by atoms with Crippen LogP contribution in [0.25, 0.3) is 0 Å². The number of hydrogen-bond donors (Lipinski definition) is 7. The number of carbonyl (C=O) groups excluding carboxylic acids is 5. The van der Waals surface area contributed by atoms with Crippen LogP contribution in [0, 0.1) is 0 Å². The first-order valence-electron chi connectivity index (χ1n) is 15.0. The third-order valence-electron chi connectivity index (χ3n) is 6.90. The van der Waals surface area contributed by atoms with Gasteiger partial charge in [-0.2, -0.15) is 25.3 Å². The van der Waals surface area contributed by atoms with Gasteiger partial charge in [0.2, 0.25) is 0 Å². The van der Waals surface area contributed by atoms with Crippen molar-refractivity contribution in [2.75, 3.05) is 11.5 Å². The number of ether oxygens (including phenoxy) is 4. The zero-order valence-electron chi connectivity index (χ0n) is 26.3. The van der Waals surface area contributed by atoms with Crippen molar-refractivity contribution in [1.82, 2.24) is 0 Å². The van der Waals surface area contributed by atoms with E-state index in [1.54, 1.807) is 60.7 Å². The molecule has 16 heteroatoms. The zero-order valence-corrected chi connectivity index (χ0v) is 28.1. The molecule has 0 fully saturated rings. The SMILES string of the molecule is N[C@H](Cc1ccc(OC(=O)[C@@H](N)CS)cc1)C(=O)Oc1ccc(C[C@H](N)C(=O)Oc2ccc(C[C@H](N)C(=O)OC(=O)[C@@H](N)CS)cc2)cc1. The number of rotatable bonds is 16. The molecule has 262 valence electrons. The van der Waals surface area contributed by atoms with Crippen LogP contribution in [0.4, 0.5) is 0 Å². The molecule has 0 aliphatic heterocycles. The third-order valence-corrected chi connectivity index (χ3v) is 7.69. The lowest BCUT2D eigenvalue weighted by Gasteiger charge is -2.14. The van der Waals surface area contributed by atoms with Gasteiger partial charge >= 0.3 is 29.8 Å². The molecule has 3 aromatic carbocycles. The molecular weight excluding hydrogens is 675 g/mol. The monoisotopic (exact) mass is 713 g/mol. The van der Waals surface area contributed by atoms with Crippen LogP contribution >= 0.6 is 25.3 Å². The summed E-state index contributed by atoms with van der Waals surface area (Å²) in [5.74, 6) is -2.82. The zero-order chi connectivity index (χ0) is 36.1. The van der Waals surface area contributed by atoms with Gasteiger partial charge in [-0.25, -0.2) is 24.0 Å². The van der Waals surface area contributed by atoms with Gasteiger partial charge in [-0.3, -0.25) is 0 Å². The maximum Gasteiger partial charge on any atom is 0.331 e. The molecule has 0 saturated heterocycles. The molecule has 0 bridgehead atoms. The van der Waals surface area contributed by atoms with E-state index in [9.17, 15) is 24.0 Å². The van der Waals surface area contributed by atoms with Crippen molar-refractivity contribution >= 4 is 55.1 Å². The highest BCUT2D eigenvalue weighted by Crippen LogP contribution is 2.18. The van der Waals surface area contributed by atoms with Gasteiger partial charge in [0, 0.05) is 11.5 Å². The molecule has 0 saturated carbocycles. The summed E-state index contributed by atoms with van der Waals surface area (Å²) >= 11 is 7.85. The van der Waals surface area contributed by atoms with Gasteiger partial charge in [-0.15, -0.1) is 0 Å². The summed E-state index contributed by atoms with van der Waals surface area (Å²) in [4.78, 5) is 60.7. The summed E-state index contributed by atoms with van der Waals surface area (Å²) in [6.07, 6.45) is 0.385. The second-order valence-electron chi connectivity index (χ2n) is 10.9. The van der Waals surface area contributed by atoms with E-state index in [1.807, 2.05) is 0 Å². The Morgan fingerprint density at radius 2 is 0.673 bits per heavy atom. The minimum Gasteiger partial charge on any atom is -0.425 e. The van der Waals surface area contributed by atoms with Crippen molar-refractivity contribution in [3.05, 3.63) is 89.5 Å². The molecule has 3 rings (SSSR count). The minimum atomic E-state index is -1.11. The van der Waals surface area contributed by atoms with Crippen LogP contribution in [0.1, 0.15) is 16.7 Å². The van der Waals surface area contributed by atoms with Crippen molar-refractivity contribution in [3.63, 3.8) is 0 Å². The van der Waals surface area contributed by atoms with Crippen molar-refractivity contribution < 1.29 is 42.9 Å². The summed E-state index contributed by atoms with van der Waals surface area (Å²) in [5.41, 5.74) is 31.1. The minimum absolute atomic E-state index is 0.0154. The second kappa shape index (κ2) is 19.0. The van der Waals surface area contributed by atoms with E-state index in [0.717, 1.165) is 5.56 Å². The summed E-state index contributed by atoms with van der Waals surface area (Å²) in [6, 6.07) is 14.2. The fraction of sp³-hybridized carbons (Fsp3) is 0.303. The number of carbonyl (C=O) groups is 5. The van der Waals surface area contributed by atoms with Gasteiger partial charge in [0.05, 0.1) is 0 Å². The Morgan fingerprint density at radius 3 is 0.980 bits per heavy atom. The van der Waals surface area contributed by atoms with E-state index >= 15 is 0 Å². The molecule has 5 atom stereocenters. The number of hydrogen-bond acceptors (Lipinski definition) is 16. The number of nitrogens with two attached hydrogens (primary N) is 5. The van der Waals surface area contributed by atoms with Gasteiger partial charge in [0.1, 0.15) is 47.5 Å². The lowest BCUT2D eigenvalue weighted by molar-refractivity contribution is -0.161. The van der Waals surface area contributed by atoms with Crippen LogP contribution in [0.3, 0.4) is 0 Å². The Bertz CT molecular complexity index is 1590. The predicted octanol–water partition coefficient (Wildman–Crippen LogP) is -0.00340. The fourth-order valence-electron chi connectivity index (χ4n) is 4.07. The maximum absolute atomic E-state index is 12.6. The summed E-state index contributed by atoms with van der Waals surface area (Å²) in [7, 11) is 0. The molecule has 0 aliphatic rings. The molecule has 14 nitrogen and oxygen atoms in total. The van der Waals surface area contributed by atoms with Crippen molar-refractivity contribution in [2.45, 2.75) is 49.5 Å². The average Bonchev–Trinajstić information content (AvgIpc) is 3.09. The van der Waals surface area contributed by atoms with Crippen molar-refractivity contribution in [1.29, 1.82) is 0 Å².